The Hall–Kier alpha value is -2.71. The molecule has 0 saturated carbocycles. The van der Waals surface area contributed by atoms with Crippen molar-refractivity contribution in [1.29, 1.82) is 0 Å². The fourth-order valence-corrected chi connectivity index (χ4v) is 2.23. The van der Waals surface area contributed by atoms with Gasteiger partial charge >= 0.3 is 11.8 Å². The van der Waals surface area contributed by atoms with Crippen molar-refractivity contribution in [3.8, 4) is 5.75 Å². The fourth-order valence-electron chi connectivity index (χ4n) is 2.23. The van der Waals surface area contributed by atoms with Gasteiger partial charge in [-0.15, -0.1) is 0 Å². The van der Waals surface area contributed by atoms with E-state index in [4.69, 9.17) is 4.74 Å². The summed E-state index contributed by atoms with van der Waals surface area (Å²) in [6.07, 6.45) is 0.476. The number of esters is 1. The Kier molecular flexibility index (Phi) is 4.48. The van der Waals surface area contributed by atoms with Gasteiger partial charge in [0.25, 0.3) is 11.7 Å². The Morgan fingerprint density at radius 3 is 2.78 bits per heavy atom. The van der Waals surface area contributed by atoms with Crippen molar-refractivity contribution in [3.63, 3.8) is 0 Å². The third kappa shape index (κ3) is 3.38. The Morgan fingerprint density at radius 1 is 1.48 bits per heavy atom. The van der Waals surface area contributed by atoms with E-state index in [1.807, 2.05) is 0 Å². The number of rotatable bonds is 5. The second-order valence-corrected chi connectivity index (χ2v) is 5.50. The molecule has 1 aliphatic heterocycles. The SMILES string of the molecule is COC(=O)CCCN1C(=O)C(C)(C)Oc2ccc([N+](=O)[O-])nc21. The maximum atomic E-state index is 12.5. The van der Waals surface area contributed by atoms with Gasteiger partial charge in [0.1, 0.15) is 0 Å². The van der Waals surface area contributed by atoms with Crippen LogP contribution in [-0.2, 0) is 14.3 Å². The molecule has 0 N–H and O–H groups in total. The van der Waals surface area contributed by atoms with E-state index in [1.165, 1.54) is 24.1 Å². The molecule has 0 fully saturated rings. The van der Waals surface area contributed by atoms with E-state index in [2.05, 4.69) is 9.72 Å². The van der Waals surface area contributed by atoms with E-state index in [9.17, 15) is 19.7 Å². The van der Waals surface area contributed by atoms with Crippen molar-refractivity contribution in [2.45, 2.75) is 32.3 Å². The van der Waals surface area contributed by atoms with Crippen LogP contribution >= 0.6 is 0 Å². The molecule has 2 heterocycles. The Balaban J connectivity index is 2.31. The van der Waals surface area contributed by atoms with Crippen molar-refractivity contribution in [2.24, 2.45) is 0 Å². The standard InChI is InChI=1S/C14H17N3O6/c1-14(2)13(19)16(8-4-5-11(18)22-3)12-9(23-14)6-7-10(15-12)17(20)21/h6-7H,4-5,8H2,1-3H3. The zero-order valence-corrected chi connectivity index (χ0v) is 13.1. The molecule has 1 amide bonds. The lowest BCUT2D eigenvalue weighted by Crippen LogP contribution is -2.53. The third-order valence-corrected chi connectivity index (χ3v) is 3.38. The number of pyridine rings is 1. The molecule has 1 aromatic heterocycles. The molecule has 23 heavy (non-hydrogen) atoms. The van der Waals surface area contributed by atoms with Crippen LogP contribution in [0.4, 0.5) is 11.6 Å². The number of methoxy groups -OCH3 is 1. The maximum Gasteiger partial charge on any atom is 0.366 e. The van der Waals surface area contributed by atoms with Crippen LogP contribution in [-0.4, -0.2) is 41.0 Å². The number of hydrogen-bond donors (Lipinski definition) is 0. The molecule has 0 radical (unpaired) electrons. The second-order valence-electron chi connectivity index (χ2n) is 5.50. The third-order valence-electron chi connectivity index (χ3n) is 3.38. The summed E-state index contributed by atoms with van der Waals surface area (Å²) in [4.78, 5) is 39.2. The number of fused-ring (bicyclic) bond motifs is 1. The Morgan fingerprint density at radius 2 is 2.17 bits per heavy atom. The van der Waals surface area contributed by atoms with Crippen molar-refractivity contribution in [3.05, 3.63) is 22.2 Å². The number of carbonyl (C=O) groups is 2. The van der Waals surface area contributed by atoms with Gasteiger partial charge in [-0.1, -0.05) is 0 Å². The first-order valence-electron chi connectivity index (χ1n) is 6.99. The molecule has 0 bridgehead atoms. The number of amides is 1. The van der Waals surface area contributed by atoms with Crippen LogP contribution in [0.2, 0.25) is 0 Å². The van der Waals surface area contributed by atoms with E-state index in [0.29, 0.717) is 12.2 Å². The van der Waals surface area contributed by atoms with Crippen LogP contribution in [0.5, 0.6) is 5.75 Å². The summed E-state index contributed by atoms with van der Waals surface area (Å²) in [5.41, 5.74) is -1.12. The van der Waals surface area contributed by atoms with Gasteiger partial charge in [-0.25, -0.2) is 0 Å². The molecule has 2 rings (SSSR count). The van der Waals surface area contributed by atoms with Gasteiger partial charge in [0.2, 0.25) is 0 Å². The number of nitrogens with zero attached hydrogens (tertiary/aromatic N) is 3. The lowest BCUT2D eigenvalue weighted by atomic mass is 10.0. The number of carbonyl (C=O) groups excluding carboxylic acids is 2. The molecular formula is C14H17N3O6. The first-order valence-corrected chi connectivity index (χ1v) is 6.99. The first kappa shape index (κ1) is 16.7. The van der Waals surface area contributed by atoms with E-state index in [1.54, 1.807) is 13.8 Å². The normalized spacial score (nSPS) is 15.6. The summed E-state index contributed by atoms with van der Waals surface area (Å²) in [5, 5.41) is 10.9. The molecular weight excluding hydrogens is 306 g/mol. The smallest absolute Gasteiger partial charge is 0.366 e. The summed E-state index contributed by atoms with van der Waals surface area (Å²) in [6.45, 7) is 3.39. The highest BCUT2D eigenvalue weighted by Crippen LogP contribution is 2.37. The number of hydrogen-bond acceptors (Lipinski definition) is 7. The summed E-state index contributed by atoms with van der Waals surface area (Å²) < 4.78 is 10.1. The van der Waals surface area contributed by atoms with Crippen LogP contribution in [0.25, 0.3) is 0 Å². The first-order chi connectivity index (χ1) is 10.8. The summed E-state index contributed by atoms with van der Waals surface area (Å²) in [5.74, 6) is -0.760. The molecule has 9 nitrogen and oxygen atoms in total. The van der Waals surface area contributed by atoms with Gasteiger partial charge in [0, 0.05) is 19.0 Å². The summed E-state index contributed by atoms with van der Waals surface area (Å²) >= 11 is 0. The molecule has 124 valence electrons. The predicted octanol–water partition coefficient (Wildman–Crippen LogP) is 1.45. The summed E-state index contributed by atoms with van der Waals surface area (Å²) in [7, 11) is 1.28. The zero-order chi connectivity index (χ0) is 17.2. The average molecular weight is 323 g/mol. The van der Waals surface area contributed by atoms with Gasteiger partial charge < -0.3 is 19.6 Å². The molecule has 0 saturated heterocycles. The van der Waals surface area contributed by atoms with E-state index < -0.39 is 16.5 Å². The van der Waals surface area contributed by atoms with Gasteiger partial charge in [-0.2, -0.15) is 0 Å². The van der Waals surface area contributed by atoms with Crippen molar-refractivity contribution in [1.82, 2.24) is 4.98 Å². The number of anilines is 1. The summed E-state index contributed by atoms with van der Waals surface area (Å²) in [6, 6.07) is 2.64. The van der Waals surface area contributed by atoms with Crippen LogP contribution in [0.15, 0.2) is 12.1 Å². The van der Waals surface area contributed by atoms with E-state index in [0.717, 1.165) is 0 Å². The van der Waals surface area contributed by atoms with Crippen LogP contribution < -0.4 is 9.64 Å². The van der Waals surface area contributed by atoms with E-state index >= 15 is 0 Å². The fraction of sp³-hybridized carbons (Fsp3) is 0.500. The molecule has 0 atom stereocenters. The number of ether oxygens (including phenoxy) is 2. The molecule has 0 spiro atoms. The second kappa shape index (κ2) is 6.19. The van der Waals surface area contributed by atoms with E-state index in [-0.39, 0.29) is 30.5 Å². The monoisotopic (exact) mass is 323 g/mol. The molecule has 0 aromatic carbocycles. The minimum Gasteiger partial charge on any atom is -0.472 e. The number of nitro groups is 1. The van der Waals surface area contributed by atoms with Gasteiger partial charge in [0.05, 0.1) is 7.11 Å². The van der Waals surface area contributed by atoms with Crippen LogP contribution in [0.1, 0.15) is 26.7 Å². The predicted molar refractivity (Wildman–Crippen MR) is 79.2 cm³/mol. The largest absolute Gasteiger partial charge is 0.472 e. The minimum absolute atomic E-state index is 0.0911. The number of aromatic nitrogens is 1. The highest BCUT2D eigenvalue weighted by atomic mass is 16.6. The van der Waals surface area contributed by atoms with Crippen molar-refractivity contribution < 1.29 is 24.0 Å². The van der Waals surface area contributed by atoms with Gasteiger partial charge in [-0.3, -0.25) is 14.5 Å². The highest BCUT2D eigenvalue weighted by molar-refractivity contribution is 6.01. The highest BCUT2D eigenvalue weighted by Gasteiger charge is 2.44. The van der Waals surface area contributed by atoms with Crippen LogP contribution in [0.3, 0.4) is 0 Å². The van der Waals surface area contributed by atoms with Crippen molar-refractivity contribution in [2.75, 3.05) is 18.6 Å². The Labute approximate surface area is 132 Å². The van der Waals surface area contributed by atoms with Crippen LogP contribution in [0, 0.1) is 10.1 Å². The maximum absolute atomic E-state index is 12.5. The Bertz CT molecular complexity index is 658. The topological polar surface area (TPSA) is 112 Å². The zero-order valence-electron chi connectivity index (χ0n) is 13.1. The molecule has 1 aromatic rings. The average Bonchev–Trinajstić information content (AvgIpc) is 2.50. The molecule has 0 aliphatic carbocycles. The minimum atomic E-state index is -1.12. The molecule has 0 unspecified atom stereocenters. The lowest BCUT2D eigenvalue weighted by Gasteiger charge is -2.35. The van der Waals surface area contributed by atoms with Crippen molar-refractivity contribution >= 4 is 23.5 Å². The molecule has 1 aliphatic rings. The lowest BCUT2D eigenvalue weighted by molar-refractivity contribution is -0.389. The van der Waals surface area contributed by atoms with Gasteiger partial charge in [0.15, 0.2) is 11.4 Å². The molecule has 9 heteroatoms. The quantitative estimate of drug-likeness (QED) is 0.458. The van der Waals surface area contributed by atoms with Gasteiger partial charge in [-0.05, 0) is 36.2 Å².